The number of nitrogens with zero attached hydrogens (tertiary/aromatic N) is 2. The second-order valence-electron chi connectivity index (χ2n) is 14.5. The smallest absolute Gasteiger partial charge is 0.367 e. The molecule has 1 saturated heterocycles. The van der Waals surface area contributed by atoms with E-state index in [1.807, 2.05) is 46.6 Å². The van der Waals surface area contributed by atoms with Crippen LogP contribution in [0.15, 0.2) is 47.4 Å². The highest BCUT2D eigenvalue weighted by molar-refractivity contribution is 6.07. The van der Waals surface area contributed by atoms with Crippen molar-refractivity contribution in [3.8, 4) is 11.1 Å². The van der Waals surface area contributed by atoms with Gasteiger partial charge in [0.05, 0.1) is 28.1 Å². The quantitative estimate of drug-likeness (QED) is 0.233. The van der Waals surface area contributed by atoms with Crippen LogP contribution in [0, 0.1) is 17.0 Å². The number of rotatable bonds is 7. The molecule has 2 amide bonds. The molecule has 0 aliphatic carbocycles. The van der Waals surface area contributed by atoms with Crippen LogP contribution in [-0.2, 0) is 6.18 Å². The molecule has 1 aliphatic rings. The van der Waals surface area contributed by atoms with Crippen molar-refractivity contribution >= 4 is 23.2 Å². The number of hydrogen-bond acceptors (Lipinski definition) is 5. The highest BCUT2D eigenvalue weighted by Gasteiger charge is 2.36. The van der Waals surface area contributed by atoms with Crippen LogP contribution in [0.1, 0.15) is 81.2 Å². The molecule has 1 fully saturated rings. The highest BCUT2D eigenvalue weighted by Crippen LogP contribution is 2.37. The summed E-state index contributed by atoms with van der Waals surface area (Å²) in [4.78, 5) is 44.6. The number of anilines is 2. The number of aromatic amines is 1. The number of benzene rings is 2. The number of pyridine rings is 1. The number of likely N-dealkylation sites (N-methyl/N-ethyl adjacent to an activating group) is 1. The molecule has 8 nitrogen and oxygen atoms in total. The van der Waals surface area contributed by atoms with Gasteiger partial charge in [-0.05, 0) is 70.3 Å². The predicted molar refractivity (Wildman–Crippen MR) is 176 cm³/mol. The molecular weight excluding hydrogens is 633 g/mol. The molecule has 13 heteroatoms. The van der Waals surface area contributed by atoms with Gasteiger partial charge in [-0.3, -0.25) is 19.3 Å². The van der Waals surface area contributed by atoms with E-state index in [0.29, 0.717) is 43.5 Å². The molecule has 0 radical (unpaired) electrons. The first-order valence-electron chi connectivity index (χ1n) is 15.6. The first-order valence-corrected chi connectivity index (χ1v) is 15.6. The number of piperazine rings is 1. The molecule has 1 aliphatic heterocycles. The summed E-state index contributed by atoms with van der Waals surface area (Å²) in [6.07, 6.45) is -3.74. The van der Waals surface area contributed by atoms with Crippen molar-refractivity contribution in [3.05, 3.63) is 81.3 Å². The Bertz CT molecular complexity index is 1750. The molecule has 3 N–H and O–H groups in total. The standard InChI is InChI=1S/C35H42F5N5O3/c1-19-16-45(17-20(2)44(19)8)29-10-9-21(11-28(29)42-31(47)24-15-41-30(46)13-25(24)35(38,39)40)22-12-23(27(37)14-26(22)36)32(48)43-34(6,7)18-33(3,4)5/h9-15,19-20H,16-18H2,1-8H3,(H,41,46)(H,42,47)(H,43,48)/t19-,20+. The Morgan fingerprint density at radius 1 is 0.896 bits per heavy atom. The molecule has 0 spiro atoms. The van der Waals surface area contributed by atoms with Gasteiger partial charge in [0.25, 0.3) is 11.8 Å². The van der Waals surface area contributed by atoms with Gasteiger partial charge in [0, 0.05) is 54.6 Å². The summed E-state index contributed by atoms with van der Waals surface area (Å²) in [6, 6.07) is 6.66. The van der Waals surface area contributed by atoms with Gasteiger partial charge in [0.2, 0.25) is 5.56 Å². The lowest BCUT2D eigenvalue weighted by atomic mass is 9.81. The van der Waals surface area contributed by atoms with Gasteiger partial charge in [-0.1, -0.05) is 26.8 Å². The molecule has 1 aromatic heterocycles. The van der Waals surface area contributed by atoms with Crippen LogP contribution in [0.3, 0.4) is 0 Å². The number of halogens is 5. The SMILES string of the molecule is C[C@@H]1CN(c2ccc(-c3cc(C(=O)NC(C)(C)CC(C)(C)C)c(F)cc3F)cc2NC(=O)c2c[nH]c(=O)cc2C(F)(F)F)C[C@H](C)N1C. The average Bonchev–Trinajstić information content (AvgIpc) is 2.93. The van der Waals surface area contributed by atoms with E-state index in [1.165, 1.54) is 6.07 Å². The second-order valence-corrected chi connectivity index (χ2v) is 14.5. The minimum absolute atomic E-state index is 0.0572. The Morgan fingerprint density at radius 3 is 2.10 bits per heavy atom. The molecule has 2 atom stereocenters. The molecule has 260 valence electrons. The van der Waals surface area contributed by atoms with Crippen LogP contribution in [0.25, 0.3) is 11.1 Å². The van der Waals surface area contributed by atoms with Crippen molar-refractivity contribution in [1.29, 1.82) is 0 Å². The van der Waals surface area contributed by atoms with Crippen LogP contribution < -0.4 is 21.1 Å². The number of carbonyl (C=O) groups is 2. The van der Waals surface area contributed by atoms with E-state index >= 15 is 8.78 Å². The summed E-state index contributed by atoms with van der Waals surface area (Å²) in [7, 11) is 1.97. The average molecular weight is 676 g/mol. The number of nitrogens with one attached hydrogen (secondary N) is 3. The normalized spacial score (nSPS) is 17.7. The number of H-pyrrole nitrogens is 1. The zero-order valence-corrected chi connectivity index (χ0v) is 28.3. The van der Waals surface area contributed by atoms with Gasteiger partial charge in [0.15, 0.2) is 0 Å². The summed E-state index contributed by atoms with van der Waals surface area (Å²) in [5.74, 6) is -3.95. The minimum atomic E-state index is -5.00. The van der Waals surface area contributed by atoms with Gasteiger partial charge >= 0.3 is 6.18 Å². The molecule has 0 unspecified atom stereocenters. The van der Waals surface area contributed by atoms with Gasteiger partial charge in [-0.2, -0.15) is 13.2 Å². The molecule has 0 bridgehead atoms. The lowest BCUT2D eigenvalue weighted by Gasteiger charge is -2.44. The Balaban J connectivity index is 1.80. The lowest BCUT2D eigenvalue weighted by Crippen LogP contribution is -2.55. The van der Waals surface area contributed by atoms with E-state index in [4.69, 9.17) is 0 Å². The summed E-state index contributed by atoms with van der Waals surface area (Å²) >= 11 is 0. The fraction of sp³-hybridized carbons (Fsp3) is 0.457. The van der Waals surface area contributed by atoms with Crippen LogP contribution in [0.4, 0.5) is 33.3 Å². The van der Waals surface area contributed by atoms with Crippen molar-refractivity contribution in [2.75, 3.05) is 30.4 Å². The molecule has 3 aromatic rings. The topological polar surface area (TPSA) is 97.5 Å². The van der Waals surface area contributed by atoms with E-state index in [9.17, 15) is 27.6 Å². The number of aromatic nitrogens is 1. The molecule has 4 rings (SSSR count). The maximum absolute atomic E-state index is 15.4. The van der Waals surface area contributed by atoms with Crippen molar-refractivity contribution in [2.45, 2.75) is 78.7 Å². The Hall–Kier alpha value is -4.26. The Morgan fingerprint density at radius 2 is 1.52 bits per heavy atom. The highest BCUT2D eigenvalue weighted by atomic mass is 19.4. The van der Waals surface area contributed by atoms with Crippen molar-refractivity contribution in [3.63, 3.8) is 0 Å². The van der Waals surface area contributed by atoms with Gasteiger partial charge < -0.3 is 20.5 Å². The Labute approximate surface area is 276 Å². The molecule has 2 aromatic carbocycles. The maximum Gasteiger partial charge on any atom is 0.417 e. The zero-order chi connectivity index (χ0) is 35.9. The molecule has 2 heterocycles. The molecule has 0 saturated carbocycles. The van der Waals surface area contributed by atoms with Crippen molar-refractivity contribution < 1.29 is 31.5 Å². The van der Waals surface area contributed by atoms with E-state index in [1.54, 1.807) is 26.0 Å². The van der Waals surface area contributed by atoms with Crippen LogP contribution in [0.5, 0.6) is 0 Å². The summed E-state index contributed by atoms with van der Waals surface area (Å²) < 4.78 is 71.9. The number of alkyl halides is 3. The summed E-state index contributed by atoms with van der Waals surface area (Å²) in [5.41, 5.74) is -4.03. The summed E-state index contributed by atoms with van der Waals surface area (Å²) in [5, 5.41) is 5.36. The molecule has 48 heavy (non-hydrogen) atoms. The van der Waals surface area contributed by atoms with Gasteiger partial charge in [-0.25, -0.2) is 8.78 Å². The van der Waals surface area contributed by atoms with Crippen LogP contribution in [-0.4, -0.2) is 59.5 Å². The van der Waals surface area contributed by atoms with E-state index in [-0.39, 0.29) is 34.3 Å². The fourth-order valence-corrected chi connectivity index (χ4v) is 6.45. The van der Waals surface area contributed by atoms with Crippen LogP contribution >= 0.6 is 0 Å². The monoisotopic (exact) mass is 675 g/mol. The van der Waals surface area contributed by atoms with Crippen LogP contribution in [0.2, 0.25) is 0 Å². The summed E-state index contributed by atoms with van der Waals surface area (Å²) in [6.45, 7) is 14.6. The number of amides is 2. The second kappa shape index (κ2) is 13.3. The van der Waals surface area contributed by atoms with Crippen molar-refractivity contribution in [2.24, 2.45) is 5.41 Å². The first kappa shape index (κ1) is 36.6. The minimum Gasteiger partial charge on any atom is -0.367 e. The third-order valence-corrected chi connectivity index (χ3v) is 8.46. The van der Waals surface area contributed by atoms with Crippen molar-refractivity contribution in [1.82, 2.24) is 15.2 Å². The lowest BCUT2D eigenvalue weighted by molar-refractivity contribution is -0.138. The van der Waals surface area contributed by atoms with E-state index in [0.717, 1.165) is 6.07 Å². The zero-order valence-electron chi connectivity index (χ0n) is 28.3. The number of hydrogen-bond donors (Lipinski definition) is 3. The van der Waals surface area contributed by atoms with E-state index in [2.05, 4.69) is 20.5 Å². The largest absolute Gasteiger partial charge is 0.417 e. The third kappa shape index (κ3) is 8.41. The number of carbonyl (C=O) groups excluding carboxylic acids is 2. The predicted octanol–water partition coefficient (Wildman–Crippen LogP) is 7.06. The Kier molecular flexibility index (Phi) is 10.2. The van der Waals surface area contributed by atoms with E-state index < -0.39 is 57.4 Å². The third-order valence-electron chi connectivity index (χ3n) is 8.46. The molecular formula is C35H42F5N5O3. The van der Waals surface area contributed by atoms with Gasteiger partial charge in [0.1, 0.15) is 11.6 Å². The maximum atomic E-state index is 15.4. The fourth-order valence-electron chi connectivity index (χ4n) is 6.45. The first-order chi connectivity index (χ1) is 22.1. The van der Waals surface area contributed by atoms with Gasteiger partial charge in [-0.15, -0.1) is 0 Å².